The normalized spacial score (nSPS) is 23.5. The van der Waals surface area contributed by atoms with Gasteiger partial charge >= 0.3 is 0 Å². The minimum atomic E-state index is -0.992. The van der Waals surface area contributed by atoms with Crippen molar-refractivity contribution >= 4 is 0 Å². The molecule has 4 heteroatoms. The maximum Gasteiger partial charge on any atom is 0.201 e. The fourth-order valence-corrected chi connectivity index (χ4v) is 7.15. The highest BCUT2D eigenvalue weighted by Gasteiger charge is 2.31. The minimum absolute atomic E-state index is 0.0967. The molecule has 2 saturated carbocycles. The van der Waals surface area contributed by atoms with Gasteiger partial charge in [-0.15, -0.1) is 0 Å². The van der Waals surface area contributed by atoms with Gasteiger partial charge in [0, 0.05) is 11.1 Å². The second-order valence-corrected chi connectivity index (χ2v) is 11.7. The van der Waals surface area contributed by atoms with E-state index in [2.05, 4.69) is 13.0 Å². The standard InChI is InChI=1S/C35H41F3O/c1-3-5-23-6-8-24(9-7-23)25-10-12-26(13-11-25)29-18-19-30(32(36)22-29)27-14-16-28(17-15-27)31-20-21-33(39-4-2)35(38)34(31)37/h14-26H,3-13H2,1-2H3. The molecule has 0 saturated heterocycles. The number of halogens is 3. The van der Waals surface area contributed by atoms with E-state index in [0.717, 1.165) is 41.7 Å². The summed E-state index contributed by atoms with van der Waals surface area (Å²) in [4.78, 5) is 0. The summed E-state index contributed by atoms with van der Waals surface area (Å²) in [6, 6.07) is 15.6. The summed E-state index contributed by atoms with van der Waals surface area (Å²) >= 11 is 0. The number of rotatable bonds is 8. The van der Waals surface area contributed by atoms with Crippen LogP contribution >= 0.6 is 0 Å². The van der Waals surface area contributed by atoms with Crippen LogP contribution in [0, 0.1) is 35.2 Å². The molecular formula is C35H41F3O. The highest BCUT2D eigenvalue weighted by atomic mass is 19.2. The molecule has 208 valence electrons. The summed E-state index contributed by atoms with van der Waals surface area (Å²) in [6.07, 6.45) is 13.2. The summed E-state index contributed by atoms with van der Waals surface area (Å²) in [7, 11) is 0. The Labute approximate surface area is 231 Å². The number of ether oxygens (including phenoxy) is 1. The van der Waals surface area contributed by atoms with Gasteiger partial charge in [0.15, 0.2) is 11.6 Å². The largest absolute Gasteiger partial charge is 0.491 e. The highest BCUT2D eigenvalue weighted by molar-refractivity contribution is 5.71. The smallest absolute Gasteiger partial charge is 0.201 e. The highest BCUT2D eigenvalue weighted by Crippen LogP contribution is 2.45. The van der Waals surface area contributed by atoms with Crippen molar-refractivity contribution in [3.63, 3.8) is 0 Å². The SMILES string of the molecule is CCCC1CCC(C2CCC(c3ccc(-c4ccc(-c5ccc(OCC)c(F)c5F)cc4)c(F)c3)CC2)CC1. The zero-order chi connectivity index (χ0) is 27.4. The van der Waals surface area contributed by atoms with Crippen molar-refractivity contribution in [2.75, 3.05) is 6.61 Å². The summed E-state index contributed by atoms with van der Waals surface area (Å²) in [5.74, 6) is 0.874. The Morgan fingerprint density at radius 3 is 1.85 bits per heavy atom. The van der Waals surface area contributed by atoms with Crippen molar-refractivity contribution in [3.8, 4) is 28.0 Å². The Balaban J connectivity index is 1.22. The van der Waals surface area contributed by atoms with Crippen LogP contribution in [-0.2, 0) is 0 Å². The maximum atomic E-state index is 15.3. The predicted octanol–water partition coefficient (Wildman–Crippen LogP) is 10.7. The Hall–Kier alpha value is -2.75. The Morgan fingerprint density at radius 2 is 1.26 bits per heavy atom. The Bertz CT molecular complexity index is 1240. The van der Waals surface area contributed by atoms with Crippen molar-refractivity contribution in [2.45, 2.75) is 84.0 Å². The summed E-state index contributed by atoms with van der Waals surface area (Å²) in [5.41, 5.74) is 3.04. The molecule has 0 aliphatic heterocycles. The molecule has 2 fully saturated rings. The van der Waals surface area contributed by atoms with E-state index in [4.69, 9.17) is 4.74 Å². The lowest BCUT2D eigenvalue weighted by Gasteiger charge is -2.38. The molecule has 2 aliphatic carbocycles. The van der Waals surface area contributed by atoms with Crippen molar-refractivity contribution < 1.29 is 17.9 Å². The predicted molar refractivity (Wildman–Crippen MR) is 153 cm³/mol. The van der Waals surface area contributed by atoms with Crippen LogP contribution in [0.4, 0.5) is 13.2 Å². The van der Waals surface area contributed by atoms with Crippen LogP contribution in [0.3, 0.4) is 0 Å². The van der Waals surface area contributed by atoms with Crippen LogP contribution in [0.2, 0.25) is 0 Å². The van der Waals surface area contributed by atoms with Gasteiger partial charge in [0.1, 0.15) is 5.82 Å². The van der Waals surface area contributed by atoms with E-state index in [-0.39, 0.29) is 23.7 Å². The molecule has 39 heavy (non-hydrogen) atoms. The van der Waals surface area contributed by atoms with Gasteiger partial charge in [0.2, 0.25) is 5.82 Å². The van der Waals surface area contributed by atoms with Crippen molar-refractivity contribution in [1.29, 1.82) is 0 Å². The molecule has 0 N–H and O–H groups in total. The zero-order valence-electron chi connectivity index (χ0n) is 23.3. The van der Waals surface area contributed by atoms with E-state index in [1.54, 1.807) is 37.3 Å². The van der Waals surface area contributed by atoms with Crippen LogP contribution in [0.25, 0.3) is 22.3 Å². The molecule has 0 bridgehead atoms. The molecule has 0 radical (unpaired) electrons. The molecular weight excluding hydrogens is 493 g/mol. The van der Waals surface area contributed by atoms with Crippen molar-refractivity contribution in [1.82, 2.24) is 0 Å². The lowest BCUT2D eigenvalue weighted by atomic mass is 9.68. The number of benzene rings is 3. The van der Waals surface area contributed by atoms with Gasteiger partial charge in [-0.3, -0.25) is 0 Å². The summed E-state index contributed by atoms with van der Waals surface area (Å²) in [5, 5.41) is 0. The third kappa shape index (κ3) is 6.21. The zero-order valence-corrected chi connectivity index (χ0v) is 23.3. The third-order valence-electron chi connectivity index (χ3n) is 9.35. The summed E-state index contributed by atoms with van der Waals surface area (Å²) in [6.45, 7) is 4.28. The number of hydrogen-bond acceptors (Lipinski definition) is 1. The van der Waals surface area contributed by atoms with E-state index in [1.165, 1.54) is 63.5 Å². The lowest BCUT2D eigenvalue weighted by molar-refractivity contribution is 0.156. The van der Waals surface area contributed by atoms with Gasteiger partial charge in [0.25, 0.3) is 0 Å². The molecule has 2 aliphatic rings. The second kappa shape index (κ2) is 12.6. The number of hydrogen-bond donors (Lipinski definition) is 0. The van der Waals surface area contributed by atoms with Crippen LogP contribution in [-0.4, -0.2) is 6.61 Å². The van der Waals surface area contributed by atoms with Crippen LogP contribution in [0.15, 0.2) is 54.6 Å². The molecule has 5 rings (SSSR count). The van der Waals surface area contributed by atoms with Crippen LogP contribution in [0.1, 0.15) is 89.5 Å². The topological polar surface area (TPSA) is 9.23 Å². The first-order valence-electron chi connectivity index (χ1n) is 15.0. The average molecular weight is 535 g/mol. The Kier molecular flexibility index (Phi) is 8.99. The fourth-order valence-electron chi connectivity index (χ4n) is 7.15. The Morgan fingerprint density at radius 1 is 0.667 bits per heavy atom. The molecule has 0 spiro atoms. The minimum Gasteiger partial charge on any atom is -0.491 e. The molecule has 0 aromatic heterocycles. The van der Waals surface area contributed by atoms with Crippen LogP contribution in [0.5, 0.6) is 5.75 Å². The first kappa shape index (κ1) is 27.8. The van der Waals surface area contributed by atoms with E-state index < -0.39 is 11.6 Å². The second-order valence-electron chi connectivity index (χ2n) is 11.7. The van der Waals surface area contributed by atoms with Gasteiger partial charge in [-0.1, -0.05) is 69.0 Å². The third-order valence-corrected chi connectivity index (χ3v) is 9.35. The van der Waals surface area contributed by atoms with Gasteiger partial charge in [0.05, 0.1) is 6.61 Å². The van der Waals surface area contributed by atoms with Gasteiger partial charge in [-0.05, 0) is 104 Å². The van der Waals surface area contributed by atoms with E-state index in [1.807, 2.05) is 6.07 Å². The maximum absolute atomic E-state index is 15.3. The monoisotopic (exact) mass is 534 g/mol. The van der Waals surface area contributed by atoms with Crippen molar-refractivity contribution in [3.05, 3.63) is 77.6 Å². The molecule has 3 aromatic rings. The quantitative estimate of drug-likeness (QED) is 0.279. The van der Waals surface area contributed by atoms with E-state index in [9.17, 15) is 8.78 Å². The van der Waals surface area contributed by atoms with Gasteiger partial charge < -0.3 is 4.74 Å². The molecule has 3 aromatic carbocycles. The molecule has 0 amide bonds. The average Bonchev–Trinajstić information content (AvgIpc) is 2.97. The fraction of sp³-hybridized carbons (Fsp3) is 0.486. The van der Waals surface area contributed by atoms with Crippen molar-refractivity contribution in [2.24, 2.45) is 17.8 Å². The van der Waals surface area contributed by atoms with E-state index in [0.29, 0.717) is 17.0 Å². The first-order valence-corrected chi connectivity index (χ1v) is 15.0. The molecule has 0 atom stereocenters. The van der Waals surface area contributed by atoms with Crippen LogP contribution < -0.4 is 4.74 Å². The molecule has 0 unspecified atom stereocenters. The first-order chi connectivity index (χ1) is 19.0. The summed E-state index contributed by atoms with van der Waals surface area (Å²) < 4.78 is 49.4. The van der Waals surface area contributed by atoms with Gasteiger partial charge in [-0.2, -0.15) is 4.39 Å². The molecule has 0 heterocycles. The molecule has 1 nitrogen and oxygen atoms in total. The van der Waals surface area contributed by atoms with Gasteiger partial charge in [-0.25, -0.2) is 8.78 Å². The van der Waals surface area contributed by atoms with E-state index >= 15 is 4.39 Å². The lowest BCUT2D eigenvalue weighted by Crippen LogP contribution is -2.25.